The molecule has 0 atom stereocenters. The number of unbranched alkanes of at least 4 members (excludes halogenated alkanes) is 1. The molecule has 6 heteroatoms. The van der Waals surface area contributed by atoms with Gasteiger partial charge in [0.15, 0.2) is 5.82 Å². The lowest BCUT2D eigenvalue weighted by atomic mass is 9.81. The summed E-state index contributed by atoms with van der Waals surface area (Å²) >= 11 is 0. The van der Waals surface area contributed by atoms with Crippen LogP contribution in [0.2, 0.25) is 0 Å². The van der Waals surface area contributed by atoms with Gasteiger partial charge in [0, 0.05) is 31.6 Å². The van der Waals surface area contributed by atoms with Crippen molar-refractivity contribution in [1.82, 2.24) is 14.5 Å². The predicted molar refractivity (Wildman–Crippen MR) is 163 cm³/mol. The van der Waals surface area contributed by atoms with Crippen LogP contribution >= 0.6 is 0 Å². The highest BCUT2D eigenvalue weighted by molar-refractivity contribution is 6.06. The number of phenols is 1. The third-order valence-electron chi connectivity index (χ3n) is 7.86. The fourth-order valence-electron chi connectivity index (χ4n) is 5.24. The molecule has 0 bridgehead atoms. The van der Waals surface area contributed by atoms with E-state index in [-0.39, 0.29) is 5.41 Å². The number of nitrogen functional groups attached to an aromatic ring is 1. The van der Waals surface area contributed by atoms with Crippen molar-refractivity contribution in [3.05, 3.63) is 58.9 Å². The van der Waals surface area contributed by atoms with E-state index < -0.39 is 0 Å². The van der Waals surface area contributed by atoms with Gasteiger partial charge in [0.2, 0.25) is 0 Å². The number of hydrogen-bond donors (Lipinski definition) is 2. The molecular weight excluding hydrogens is 484 g/mol. The zero-order valence-electron chi connectivity index (χ0n) is 24.7. The molecule has 6 nitrogen and oxygen atoms in total. The van der Waals surface area contributed by atoms with Crippen LogP contribution in [0.1, 0.15) is 89.2 Å². The number of ether oxygens (including phenoxy) is 1. The molecule has 0 saturated heterocycles. The second-order valence-corrected chi connectivity index (χ2v) is 12.0. The minimum absolute atomic E-state index is 0.0479. The first-order chi connectivity index (χ1) is 18.6. The summed E-state index contributed by atoms with van der Waals surface area (Å²) in [6, 6.07) is 12.4. The molecule has 0 amide bonds. The van der Waals surface area contributed by atoms with Gasteiger partial charge in [-0.25, -0.2) is 9.97 Å². The Balaban J connectivity index is 1.68. The first-order valence-corrected chi connectivity index (χ1v) is 14.6. The van der Waals surface area contributed by atoms with Crippen LogP contribution in [0.15, 0.2) is 36.4 Å². The van der Waals surface area contributed by atoms with Crippen LogP contribution < -0.4 is 5.73 Å². The summed E-state index contributed by atoms with van der Waals surface area (Å²) in [7, 11) is 0. The molecule has 0 spiro atoms. The highest BCUT2D eigenvalue weighted by Crippen LogP contribution is 2.34. The van der Waals surface area contributed by atoms with E-state index in [1.807, 2.05) is 19.1 Å². The Hall–Kier alpha value is -3.12. The molecule has 0 unspecified atom stereocenters. The lowest BCUT2D eigenvalue weighted by Crippen LogP contribution is -2.20. The van der Waals surface area contributed by atoms with Crippen LogP contribution in [0, 0.1) is 12.8 Å². The number of hydrogen-bond acceptors (Lipinski definition) is 5. The monoisotopic (exact) mass is 530 g/mol. The highest BCUT2D eigenvalue weighted by Gasteiger charge is 2.23. The third-order valence-corrected chi connectivity index (χ3v) is 7.86. The van der Waals surface area contributed by atoms with Crippen LogP contribution in [0.4, 0.5) is 5.82 Å². The van der Waals surface area contributed by atoms with Crippen LogP contribution in [0.5, 0.6) is 5.75 Å². The minimum atomic E-state index is -0.0479. The number of pyridine rings is 1. The van der Waals surface area contributed by atoms with E-state index in [1.165, 1.54) is 12.0 Å². The summed E-state index contributed by atoms with van der Waals surface area (Å²) in [6.07, 6.45) is 6.29. The molecule has 0 aliphatic heterocycles. The standard InChI is InChI=1S/C33H46N4O2/c1-7-8-11-29-36-30-31(37(29)21-24-12-15-28(38)23(4)19-24)26-14-13-25(20-27(26)35-32(30)34)33(5,6)16-18-39-17-9-10-22(2)3/h12-15,19-20,22,38H,7-11,16-18,21H2,1-6H3,(H2,34,35). The first-order valence-electron chi connectivity index (χ1n) is 14.6. The van der Waals surface area contributed by atoms with Crippen molar-refractivity contribution in [1.29, 1.82) is 0 Å². The number of nitrogens with two attached hydrogens (primary N) is 1. The Morgan fingerprint density at radius 1 is 1.05 bits per heavy atom. The van der Waals surface area contributed by atoms with E-state index in [1.54, 1.807) is 6.07 Å². The van der Waals surface area contributed by atoms with Crippen molar-refractivity contribution in [3.8, 4) is 5.75 Å². The van der Waals surface area contributed by atoms with Crippen molar-refractivity contribution in [2.24, 2.45) is 5.92 Å². The molecule has 0 saturated carbocycles. The average Bonchev–Trinajstić information content (AvgIpc) is 3.25. The van der Waals surface area contributed by atoms with Crippen LogP contribution in [-0.2, 0) is 23.1 Å². The molecular formula is C33H46N4O2. The van der Waals surface area contributed by atoms with Gasteiger partial charge < -0.3 is 20.1 Å². The zero-order valence-corrected chi connectivity index (χ0v) is 24.7. The number of aromatic hydroxyl groups is 1. The van der Waals surface area contributed by atoms with Gasteiger partial charge in [-0.3, -0.25) is 0 Å². The lowest BCUT2D eigenvalue weighted by Gasteiger charge is -2.25. The molecule has 4 aromatic rings. The molecule has 0 fully saturated rings. The van der Waals surface area contributed by atoms with Crippen molar-refractivity contribution >= 4 is 27.8 Å². The van der Waals surface area contributed by atoms with Crippen LogP contribution in [-0.4, -0.2) is 32.9 Å². The van der Waals surface area contributed by atoms with E-state index in [4.69, 9.17) is 20.4 Å². The largest absolute Gasteiger partial charge is 0.508 e. The van der Waals surface area contributed by atoms with Crippen molar-refractivity contribution in [3.63, 3.8) is 0 Å². The van der Waals surface area contributed by atoms with Gasteiger partial charge in [0.1, 0.15) is 17.1 Å². The molecule has 3 N–H and O–H groups in total. The predicted octanol–water partition coefficient (Wildman–Crippen LogP) is 7.69. The number of benzene rings is 2. The Labute approximate surface area is 233 Å². The number of rotatable bonds is 13. The van der Waals surface area contributed by atoms with E-state index in [0.717, 1.165) is 90.1 Å². The summed E-state index contributed by atoms with van der Waals surface area (Å²) in [6.45, 7) is 15.4. The summed E-state index contributed by atoms with van der Waals surface area (Å²) in [5.74, 6) is 2.53. The smallest absolute Gasteiger partial charge is 0.152 e. The van der Waals surface area contributed by atoms with Gasteiger partial charge in [-0.2, -0.15) is 0 Å². The molecule has 210 valence electrons. The second kappa shape index (κ2) is 12.4. The molecule has 0 radical (unpaired) electrons. The average molecular weight is 531 g/mol. The number of anilines is 1. The number of aryl methyl sites for hydroxylation is 2. The summed E-state index contributed by atoms with van der Waals surface area (Å²) in [4.78, 5) is 9.81. The Bertz CT molecular complexity index is 1420. The Morgan fingerprint density at radius 3 is 2.56 bits per heavy atom. The quantitative estimate of drug-likeness (QED) is 0.173. The maximum atomic E-state index is 10.0. The summed E-state index contributed by atoms with van der Waals surface area (Å²) in [5, 5.41) is 11.1. The summed E-state index contributed by atoms with van der Waals surface area (Å²) in [5.41, 5.74) is 12.4. The molecule has 4 rings (SSSR count). The van der Waals surface area contributed by atoms with E-state index in [9.17, 15) is 5.11 Å². The Morgan fingerprint density at radius 2 is 1.85 bits per heavy atom. The van der Waals surface area contributed by atoms with Crippen molar-refractivity contribution in [2.45, 2.75) is 92.0 Å². The maximum Gasteiger partial charge on any atom is 0.152 e. The van der Waals surface area contributed by atoms with Gasteiger partial charge in [-0.15, -0.1) is 0 Å². The van der Waals surface area contributed by atoms with E-state index in [2.05, 4.69) is 57.4 Å². The van der Waals surface area contributed by atoms with Crippen molar-refractivity contribution in [2.75, 3.05) is 18.9 Å². The van der Waals surface area contributed by atoms with Gasteiger partial charge in [0.25, 0.3) is 0 Å². The third kappa shape index (κ3) is 6.73. The topological polar surface area (TPSA) is 86.2 Å². The SMILES string of the molecule is CCCCc1nc2c(N)nc3cc(C(C)(C)CCOCCCC(C)C)ccc3c2n1Cc1ccc(O)c(C)c1. The number of nitrogens with zero attached hydrogens (tertiary/aromatic N) is 3. The van der Waals surface area contributed by atoms with Gasteiger partial charge >= 0.3 is 0 Å². The fraction of sp³-hybridized carbons (Fsp3) is 0.515. The highest BCUT2D eigenvalue weighted by atomic mass is 16.5. The van der Waals surface area contributed by atoms with Gasteiger partial charge in [-0.1, -0.05) is 65.3 Å². The van der Waals surface area contributed by atoms with E-state index >= 15 is 0 Å². The number of phenolic OH excluding ortho intramolecular Hbond substituents is 1. The molecule has 2 aromatic carbocycles. The number of aromatic nitrogens is 3. The second-order valence-electron chi connectivity index (χ2n) is 12.0. The summed E-state index contributed by atoms with van der Waals surface area (Å²) < 4.78 is 8.26. The number of imidazole rings is 1. The molecule has 2 heterocycles. The fourth-order valence-corrected chi connectivity index (χ4v) is 5.24. The number of fused-ring (bicyclic) bond motifs is 3. The molecule has 39 heavy (non-hydrogen) atoms. The maximum absolute atomic E-state index is 10.0. The molecule has 0 aliphatic carbocycles. The van der Waals surface area contributed by atoms with Crippen LogP contribution in [0.3, 0.4) is 0 Å². The lowest BCUT2D eigenvalue weighted by molar-refractivity contribution is 0.113. The normalized spacial score (nSPS) is 12.3. The Kier molecular flexibility index (Phi) is 9.16. The zero-order chi connectivity index (χ0) is 28.2. The van der Waals surface area contributed by atoms with Crippen LogP contribution in [0.25, 0.3) is 21.9 Å². The van der Waals surface area contributed by atoms with Crippen molar-refractivity contribution < 1.29 is 9.84 Å². The molecule has 2 aromatic heterocycles. The molecule has 0 aliphatic rings. The van der Waals surface area contributed by atoms with Gasteiger partial charge in [-0.05, 0) is 72.8 Å². The minimum Gasteiger partial charge on any atom is -0.508 e. The van der Waals surface area contributed by atoms with E-state index in [0.29, 0.717) is 18.1 Å². The van der Waals surface area contributed by atoms with Gasteiger partial charge in [0.05, 0.1) is 11.0 Å². The first kappa shape index (κ1) is 28.9.